The zero-order chi connectivity index (χ0) is 15.6. The van der Waals surface area contributed by atoms with Gasteiger partial charge in [0.25, 0.3) is 0 Å². The molecule has 20 heavy (non-hydrogen) atoms. The van der Waals surface area contributed by atoms with Crippen LogP contribution in [0.3, 0.4) is 0 Å². The van der Waals surface area contributed by atoms with Crippen LogP contribution in [0, 0.1) is 11.3 Å². The van der Waals surface area contributed by atoms with Crippen LogP contribution in [0.25, 0.3) is 0 Å². The minimum Gasteiger partial charge on any atom is -0.481 e. The molecule has 1 aromatic heterocycles. The Bertz CT molecular complexity index is 532. The summed E-state index contributed by atoms with van der Waals surface area (Å²) in [5.74, 6) is -1.92. The summed E-state index contributed by atoms with van der Waals surface area (Å²) in [5.41, 5.74) is -2.13. The smallest absolute Gasteiger partial charge is 0.481 e. The molecule has 0 radical (unpaired) electrons. The van der Waals surface area contributed by atoms with Gasteiger partial charge >= 0.3 is 12.5 Å². The summed E-state index contributed by atoms with van der Waals surface area (Å²) in [6.07, 6.45) is -10.8. The van der Waals surface area contributed by atoms with Crippen molar-refractivity contribution in [1.29, 1.82) is 5.26 Å². The number of rotatable bonds is 3. The lowest BCUT2D eigenvalue weighted by Crippen LogP contribution is -2.20. The van der Waals surface area contributed by atoms with E-state index in [-0.39, 0.29) is 6.07 Å². The van der Waals surface area contributed by atoms with Crippen LogP contribution in [-0.4, -0.2) is 18.5 Å². The average Bonchev–Trinajstić information content (AvgIpc) is 2.27. The summed E-state index contributed by atoms with van der Waals surface area (Å²) in [5, 5.41) is 8.50. The molecule has 110 valence electrons. The normalized spacial score (nSPS) is 11.9. The Morgan fingerprint density at radius 3 is 2.25 bits per heavy atom. The number of aromatic nitrogens is 1. The van der Waals surface area contributed by atoms with Gasteiger partial charge in [0.15, 0.2) is 5.69 Å². The molecule has 1 heterocycles. The van der Waals surface area contributed by atoms with E-state index in [9.17, 15) is 26.3 Å². The van der Waals surface area contributed by atoms with Crippen molar-refractivity contribution in [3.8, 4) is 17.7 Å². The van der Waals surface area contributed by atoms with Crippen molar-refractivity contribution in [3.63, 3.8) is 0 Å². The third-order valence-corrected chi connectivity index (χ3v) is 2.01. The van der Waals surface area contributed by atoms with E-state index in [2.05, 4.69) is 14.5 Å². The predicted octanol–water partition coefficient (Wildman–Crippen LogP) is 3.07. The minimum absolute atomic E-state index is 0.0721. The molecule has 0 atom stereocenters. The molecule has 0 N–H and O–H groups in total. The predicted molar refractivity (Wildman–Crippen MR) is 51.8 cm³/mol. The van der Waals surface area contributed by atoms with Gasteiger partial charge in [-0.1, -0.05) is 0 Å². The Kier molecular flexibility index (Phi) is 4.32. The van der Waals surface area contributed by atoms with Gasteiger partial charge < -0.3 is 9.47 Å². The number of ether oxygens (including phenoxy) is 2. The van der Waals surface area contributed by atoms with E-state index >= 15 is 0 Å². The van der Waals surface area contributed by atoms with E-state index < -0.39 is 41.8 Å². The zero-order valence-corrected chi connectivity index (χ0v) is 9.76. The fourth-order valence-electron chi connectivity index (χ4n) is 1.30. The standard InChI is InChI=1S/C10H6F6N2O2/c1-19-8-5(2-3-17)6(20-10(14,15)16)4-7(18-8)9(11,12)13/h4H,2H2,1H3. The van der Waals surface area contributed by atoms with E-state index in [1.165, 1.54) is 6.07 Å². The average molecular weight is 300 g/mol. The van der Waals surface area contributed by atoms with Gasteiger partial charge in [-0.25, -0.2) is 4.98 Å². The molecule has 0 spiro atoms. The van der Waals surface area contributed by atoms with Crippen LogP contribution in [-0.2, 0) is 12.6 Å². The second-order valence-corrected chi connectivity index (χ2v) is 3.37. The Labute approximate surface area is 108 Å². The van der Waals surface area contributed by atoms with Crippen LogP contribution >= 0.6 is 0 Å². The first-order valence-corrected chi connectivity index (χ1v) is 4.86. The third kappa shape index (κ3) is 3.91. The Balaban J connectivity index is 3.46. The number of nitrogens with zero attached hydrogens (tertiary/aromatic N) is 2. The van der Waals surface area contributed by atoms with Crippen molar-refractivity contribution < 1.29 is 35.8 Å². The molecule has 0 bridgehead atoms. The zero-order valence-electron chi connectivity index (χ0n) is 9.76. The molecule has 0 saturated heterocycles. The van der Waals surface area contributed by atoms with Gasteiger partial charge in [-0.15, -0.1) is 13.2 Å². The molecule has 0 aromatic carbocycles. The maximum atomic E-state index is 12.5. The lowest BCUT2D eigenvalue weighted by Gasteiger charge is -2.16. The second-order valence-electron chi connectivity index (χ2n) is 3.37. The molecule has 1 rings (SSSR count). The monoisotopic (exact) mass is 300 g/mol. The Morgan fingerprint density at radius 2 is 1.85 bits per heavy atom. The minimum atomic E-state index is -5.21. The highest BCUT2D eigenvalue weighted by atomic mass is 19.4. The van der Waals surface area contributed by atoms with Crippen LogP contribution < -0.4 is 9.47 Å². The van der Waals surface area contributed by atoms with Gasteiger partial charge in [0, 0.05) is 6.07 Å². The van der Waals surface area contributed by atoms with Gasteiger partial charge in [-0.05, 0) is 0 Å². The highest BCUT2D eigenvalue weighted by Gasteiger charge is 2.38. The lowest BCUT2D eigenvalue weighted by atomic mass is 10.1. The van der Waals surface area contributed by atoms with Gasteiger partial charge in [0.05, 0.1) is 25.2 Å². The quantitative estimate of drug-likeness (QED) is 0.805. The van der Waals surface area contributed by atoms with Crippen molar-refractivity contribution >= 4 is 0 Å². The summed E-state index contributed by atoms with van der Waals surface area (Å²) in [6, 6.07) is 1.57. The molecule has 0 amide bonds. The van der Waals surface area contributed by atoms with Crippen LogP contribution in [0.4, 0.5) is 26.3 Å². The van der Waals surface area contributed by atoms with E-state index in [4.69, 9.17) is 5.26 Å². The highest BCUT2D eigenvalue weighted by Crippen LogP contribution is 2.37. The van der Waals surface area contributed by atoms with Crippen LogP contribution in [0.2, 0.25) is 0 Å². The molecule has 0 saturated carbocycles. The van der Waals surface area contributed by atoms with Crippen LogP contribution in [0.1, 0.15) is 11.3 Å². The topological polar surface area (TPSA) is 55.1 Å². The molecule has 1 aromatic rings. The van der Waals surface area contributed by atoms with Gasteiger partial charge in [-0.3, -0.25) is 0 Å². The molecule has 0 aliphatic heterocycles. The summed E-state index contributed by atoms with van der Waals surface area (Å²) < 4.78 is 82.1. The van der Waals surface area contributed by atoms with Gasteiger partial charge in [0.1, 0.15) is 5.75 Å². The fourth-order valence-corrected chi connectivity index (χ4v) is 1.30. The fraction of sp³-hybridized carbons (Fsp3) is 0.400. The van der Waals surface area contributed by atoms with Crippen molar-refractivity contribution in [2.24, 2.45) is 0 Å². The molecule has 0 aliphatic carbocycles. The highest BCUT2D eigenvalue weighted by molar-refractivity contribution is 5.44. The molecule has 0 fully saturated rings. The second kappa shape index (κ2) is 5.44. The molecular weight excluding hydrogens is 294 g/mol. The van der Waals surface area contributed by atoms with Crippen molar-refractivity contribution in [1.82, 2.24) is 4.98 Å². The SMILES string of the molecule is COc1nc(C(F)(F)F)cc(OC(F)(F)F)c1CC#N. The van der Waals surface area contributed by atoms with Crippen LogP contribution in [0.15, 0.2) is 6.07 Å². The van der Waals surface area contributed by atoms with E-state index in [0.717, 1.165) is 7.11 Å². The Morgan fingerprint density at radius 1 is 1.25 bits per heavy atom. The first-order valence-electron chi connectivity index (χ1n) is 4.86. The van der Waals surface area contributed by atoms with Crippen molar-refractivity contribution in [3.05, 3.63) is 17.3 Å². The summed E-state index contributed by atoms with van der Waals surface area (Å²) in [7, 11) is 0.917. The number of hydrogen-bond donors (Lipinski definition) is 0. The largest absolute Gasteiger partial charge is 0.573 e. The molecular formula is C10H6F6N2O2. The number of alkyl halides is 6. The number of halogens is 6. The lowest BCUT2D eigenvalue weighted by molar-refractivity contribution is -0.275. The van der Waals surface area contributed by atoms with Crippen molar-refractivity contribution in [2.75, 3.05) is 7.11 Å². The molecule has 0 aliphatic rings. The third-order valence-electron chi connectivity index (χ3n) is 2.01. The Hall–Kier alpha value is -2.18. The number of hydrogen-bond acceptors (Lipinski definition) is 4. The molecule has 0 unspecified atom stereocenters. The van der Waals surface area contributed by atoms with Crippen LogP contribution in [0.5, 0.6) is 11.6 Å². The van der Waals surface area contributed by atoms with E-state index in [1.54, 1.807) is 0 Å². The number of pyridine rings is 1. The van der Waals surface area contributed by atoms with Gasteiger partial charge in [0.2, 0.25) is 5.88 Å². The van der Waals surface area contributed by atoms with Crippen molar-refractivity contribution in [2.45, 2.75) is 19.0 Å². The molecule has 10 heteroatoms. The maximum Gasteiger partial charge on any atom is 0.573 e. The van der Waals surface area contributed by atoms with E-state index in [0.29, 0.717) is 0 Å². The maximum absolute atomic E-state index is 12.5. The van der Waals surface area contributed by atoms with E-state index in [1.807, 2.05) is 0 Å². The summed E-state index contributed by atoms with van der Waals surface area (Å²) in [4.78, 5) is 3.03. The van der Waals surface area contributed by atoms with Gasteiger partial charge in [-0.2, -0.15) is 18.4 Å². The first kappa shape index (κ1) is 15.9. The molecule has 4 nitrogen and oxygen atoms in total. The first-order chi connectivity index (χ1) is 9.08. The summed E-state index contributed by atoms with van der Waals surface area (Å²) in [6.45, 7) is 0. The number of nitriles is 1. The number of methoxy groups -OCH3 is 1. The summed E-state index contributed by atoms with van der Waals surface area (Å²) >= 11 is 0.